The normalized spacial score (nSPS) is 15.1. The highest BCUT2D eigenvalue weighted by Gasteiger charge is 2.35. The third kappa shape index (κ3) is 4.35. The molecule has 0 bridgehead atoms. The van der Waals surface area contributed by atoms with Crippen molar-refractivity contribution in [2.45, 2.75) is 19.0 Å². The van der Waals surface area contributed by atoms with Gasteiger partial charge in [-0.05, 0) is 36.6 Å². The van der Waals surface area contributed by atoms with E-state index in [1.807, 2.05) is 6.08 Å². The van der Waals surface area contributed by atoms with Crippen LogP contribution >= 0.6 is 11.6 Å². The van der Waals surface area contributed by atoms with Gasteiger partial charge in [-0.3, -0.25) is 0 Å². The highest BCUT2D eigenvalue weighted by atomic mass is 35.5. The Labute approximate surface area is 130 Å². The quantitative estimate of drug-likeness (QED) is 0.895. The number of aliphatic hydroxyl groups is 1. The second kappa shape index (κ2) is 6.98. The summed E-state index contributed by atoms with van der Waals surface area (Å²) in [6, 6.07) is 2.38. The fraction of sp³-hybridized carbons (Fsp3) is 0.267. The number of alkyl halides is 3. The molecule has 0 fully saturated rings. The summed E-state index contributed by atoms with van der Waals surface area (Å²) in [5.74, 6) is 0.199. The Morgan fingerprint density at radius 2 is 2.00 bits per heavy atom. The summed E-state index contributed by atoms with van der Waals surface area (Å²) < 4.78 is 43.6. The molecule has 7 heteroatoms. The summed E-state index contributed by atoms with van der Waals surface area (Å²) in [5, 5.41) is 8.42. The first kappa shape index (κ1) is 16.6. The van der Waals surface area contributed by atoms with Crippen LogP contribution in [-0.4, -0.2) is 16.7 Å². The predicted octanol–water partition coefficient (Wildman–Crippen LogP) is 4.29. The average molecular weight is 332 g/mol. The van der Waals surface area contributed by atoms with E-state index in [1.165, 1.54) is 6.07 Å². The summed E-state index contributed by atoms with van der Waals surface area (Å²) in [6.45, 7) is 0.0278. The van der Waals surface area contributed by atoms with Gasteiger partial charge in [-0.25, -0.2) is 4.98 Å². The number of ether oxygens (including phenoxy) is 1. The second-order valence-electron chi connectivity index (χ2n) is 4.51. The van der Waals surface area contributed by atoms with E-state index >= 15 is 0 Å². The van der Waals surface area contributed by atoms with Gasteiger partial charge >= 0.3 is 6.18 Å². The molecule has 0 atom stereocenters. The Bertz CT molecular complexity index is 636. The summed E-state index contributed by atoms with van der Waals surface area (Å²) in [6.07, 6.45) is 3.41. The Kier molecular flexibility index (Phi) is 5.26. The van der Waals surface area contributed by atoms with Crippen molar-refractivity contribution in [2.75, 3.05) is 6.61 Å². The van der Waals surface area contributed by atoms with Crippen LogP contribution in [0.4, 0.5) is 13.2 Å². The number of halogens is 4. The Hall–Kier alpha value is -1.79. The fourth-order valence-corrected chi connectivity index (χ4v) is 2.05. The van der Waals surface area contributed by atoms with Gasteiger partial charge < -0.3 is 9.84 Å². The van der Waals surface area contributed by atoms with Crippen LogP contribution in [0.25, 0.3) is 0 Å². The summed E-state index contributed by atoms with van der Waals surface area (Å²) in [5.41, 5.74) is -0.249. The number of rotatable bonds is 4. The number of aliphatic hydroxyl groups excluding tert-OH is 1. The SMILES string of the molecule is OCCC1=CCC=C(Oc2ccc(Cl)c(C(F)(F)F)n2)C=C1. The minimum atomic E-state index is -4.64. The molecule has 118 valence electrons. The van der Waals surface area contributed by atoms with Gasteiger partial charge in [0.1, 0.15) is 5.76 Å². The van der Waals surface area contributed by atoms with Crippen LogP contribution in [0, 0.1) is 0 Å². The molecule has 3 nitrogen and oxygen atoms in total. The van der Waals surface area contributed by atoms with Crippen molar-refractivity contribution in [3.63, 3.8) is 0 Å². The zero-order valence-corrected chi connectivity index (χ0v) is 12.2. The lowest BCUT2D eigenvalue weighted by molar-refractivity contribution is -0.141. The summed E-state index contributed by atoms with van der Waals surface area (Å²) in [4.78, 5) is 3.41. The Morgan fingerprint density at radius 3 is 2.68 bits per heavy atom. The molecular formula is C15H13ClF3NO2. The number of pyridine rings is 1. The lowest BCUT2D eigenvalue weighted by Crippen LogP contribution is -2.09. The lowest BCUT2D eigenvalue weighted by Gasteiger charge is -2.10. The molecule has 1 heterocycles. The van der Waals surface area contributed by atoms with Gasteiger partial charge in [-0.1, -0.05) is 23.8 Å². The van der Waals surface area contributed by atoms with E-state index in [4.69, 9.17) is 21.4 Å². The molecule has 22 heavy (non-hydrogen) atoms. The van der Waals surface area contributed by atoms with Gasteiger partial charge in [-0.15, -0.1) is 0 Å². The van der Waals surface area contributed by atoms with Crippen LogP contribution < -0.4 is 4.74 Å². The van der Waals surface area contributed by atoms with Crippen molar-refractivity contribution < 1.29 is 23.0 Å². The number of nitrogens with zero attached hydrogens (tertiary/aromatic N) is 1. The number of hydrogen-bond donors (Lipinski definition) is 1. The third-order valence-electron chi connectivity index (χ3n) is 2.87. The van der Waals surface area contributed by atoms with Crippen molar-refractivity contribution in [1.29, 1.82) is 0 Å². The van der Waals surface area contributed by atoms with Crippen molar-refractivity contribution in [3.05, 3.63) is 58.5 Å². The van der Waals surface area contributed by atoms with E-state index in [2.05, 4.69) is 4.98 Å². The average Bonchev–Trinajstić information content (AvgIpc) is 2.66. The fourth-order valence-electron chi connectivity index (χ4n) is 1.84. The molecule has 0 saturated heterocycles. The van der Waals surface area contributed by atoms with E-state index in [0.29, 0.717) is 18.6 Å². The van der Waals surface area contributed by atoms with E-state index in [9.17, 15) is 13.2 Å². The van der Waals surface area contributed by atoms with E-state index in [0.717, 1.165) is 11.6 Å². The number of allylic oxidation sites excluding steroid dienone is 4. The highest BCUT2D eigenvalue weighted by Crippen LogP contribution is 2.34. The first-order chi connectivity index (χ1) is 10.4. The maximum absolute atomic E-state index is 12.7. The molecular weight excluding hydrogens is 319 g/mol. The smallest absolute Gasteiger partial charge is 0.434 e. The molecule has 2 rings (SSSR count). The van der Waals surface area contributed by atoms with Gasteiger partial charge in [0.2, 0.25) is 5.88 Å². The Morgan fingerprint density at radius 1 is 1.23 bits per heavy atom. The maximum atomic E-state index is 12.7. The molecule has 0 amide bonds. The van der Waals surface area contributed by atoms with Crippen molar-refractivity contribution >= 4 is 11.6 Å². The summed E-state index contributed by atoms with van der Waals surface area (Å²) >= 11 is 5.50. The van der Waals surface area contributed by atoms with Gasteiger partial charge in [0.25, 0.3) is 0 Å². The van der Waals surface area contributed by atoms with Crippen LogP contribution in [-0.2, 0) is 6.18 Å². The van der Waals surface area contributed by atoms with Gasteiger partial charge in [0, 0.05) is 12.7 Å². The molecule has 1 aromatic heterocycles. The monoisotopic (exact) mass is 331 g/mol. The minimum Gasteiger partial charge on any atom is -0.439 e. The Balaban J connectivity index is 2.15. The first-order valence-corrected chi connectivity index (χ1v) is 6.87. The largest absolute Gasteiger partial charge is 0.439 e. The minimum absolute atomic E-state index is 0.0278. The van der Waals surface area contributed by atoms with Crippen molar-refractivity contribution in [3.8, 4) is 5.88 Å². The molecule has 0 spiro atoms. The molecule has 0 aromatic carbocycles. The van der Waals surface area contributed by atoms with Gasteiger partial charge in [-0.2, -0.15) is 13.2 Å². The number of hydrogen-bond acceptors (Lipinski definition) is 3. The van der Waals surface area contributed by atoms with Crippen LogP contribution in [0.1, 0.15) is 18.5 Å². The summed E-state index contributed by atoms with van der Waals surface area (Å²) in [7, 11) is 0. The second-order valence-corrected chi connectivity index (χ2v) is 4.92. The van der Waals surface area contributed by atoms with E-state index < -0.39 is 16.9 Å². The standard InChI is InChI=1S/C15H13ClF3NO2/c16-12-6-7-13(20-14(12)15(17,18)19)22-11-3-1-2-10(4-5-11)8-9-21/h2-7,21H,1,8-9H2. The van der Waals surface area contributed by atoms with Crippen LogP contribution in [0.5, 0.6) is 5.88 Å². The zero-order valence-electron chi connectivity index (χ0n) is 11.4. The molecule has 0 aliphatic heterocycles. The van der Waals surface area contributed by atoms with E-state index in [-0.39, 0.29) is 12.5 Å². The zero-order chi connectivity index (χ0) is 16.2. The molecule has 0 saturated carbocycles. The van der Waals surface area contributed by atoms with Crippen LogP contribution in [0.3, 0.4) is 0 Å². The molecule has 1 aliphatic carbocycles. The lowest BCUT2D eigenvalue weighted by atomic mass is 10.1. The molecule has 0 radical (unpaired) electrons. The molecule has 1 aliphatic rings. The van der Waals surface area contributed by atoms with Crippen molar-refractivity contribution in [1.82, 2.24) is 4.98 Å². The molecule has 0 unspecified atom stereocenters. The highest BCUT2D eigenvalue weighted by molar-refractivity contribution is 6.31. The van der Waals surface area contributed by atoms with Gasteiger partial charge in [0.05, 0.1) is 5.02 Å². The maximum Gasteiger partial charge on any atom is 0.434 e. The molecule has 1 N–H and O–H groups in total. The van der Waals surface area contributed by atoms with Crippen LogP contribution in [0.15, 0.2) is 47.8 Å². The van der Waals surface area contributed by atoms with E-state index in [1.54, 1.807) is 18.2 Å². The molecule has 1 aromatic rings. The van der Waals surface area contributed by atoms with Crippen molar-refractivity contribution in [2.24, 2.45) is 0 Å². The third-order valence-corrected chi connectivity index (χ3v) is 3.18. The van der Waals surface area contributed by atoms with Crippen LogP contribution in [0.2, 0.25) is 5.02 Å². The van der Waals surface area contributed by atoms with Gasteiger partial charge in [0.15, 0.2) is 5.69 Å². The predicted molar refractivity (Wildman–Crippen MR) is 76.5 cm³/mol. The number of aromatic nitrogens is 1. The first-order valence-electron chi connectivity index (χ1n) is 6.50. The topological polar surface area (TPSA) is 42.4 Å².